The molecule has 0 radical (unpaired) electrons. The Bertz CT molecular complexity index is 602. The minimum atomic E-state index is -0.332. The van der Waals surface area contributed by atoms with E-state index in [2.05, 4.69) is 15.6 Å². The topological polar surface area (TPSA) is 84.1 Å². The second-order valence-corrected chi connectivity index (χ2v) is 4.24. The Morgan fingerprint density at radius 2 is 2.15 bits per heavy atom. The summed E-state index contributed by atoms with van der Waals surface area (Å²) in [5.74, 6) is 4.91. The molecule has 0 saturated carbocycles. The van der Waals surface area contributed by atoms with Gasteiger partial charge in [0, 0.05) is 13.6 Å². The zero-order valence-corrected chi connectivity index (χ0v) is 10.9. The van der Waals surface area contributed by atoms with E-state index in [1.807, 2.05) is 0 Å². The van der Waals surface area contributed by atoms with Gasteiger partial charge in [0.15, 0.2) is 11.5 Å². The number of amides is 1. The van der Waals surface area contributed by atoms with Gasteiger partial charge in [-0.05, 0) is 29.8 Å². The van der Waals surface area contributed by atoms with E-state index in [0.717, 1.165) is 0 Å². The van der Waals surface area contributed by atoms with Crippen LogP contribution in [0.3, 0.4) is 0 Å². The van der Waals surface area contributed by atoms with Gasteiger partial charge in [-0.15, -0.1) is 10.2 Å². The third kappa shape index (κ3) is 3.27. The number of carbonyl (C=O) groups excluding carboxylic acids is 1. The first-order valence-electron chi connectivity index (χ1n) is 5.90. The van der Waals surface area contributed by atoms with Crippen molar-refractivity contribution in [3.05, 3.63) is 53.5 Å². The predicted octanol–water partition coefficient (Wildman–Crippen LogP) is 1.17. The van der Waals surface area contributed by atoms with Crippen LogP contribution in [0.4, 0.5) is 10.2 Å². The first kappa shape index (κ1) is 13.9. The molecule has 0 atom stereocenters. The summed E-state index contributed by atoms with van der Waals surface area (Å²) in [6.45, 7) is 0.287. The fourth-order valence-corrected chi connectivity index (χ4v) is 1.70. The lowest BCUT2D eigenvalue weighted by atomic mass is 10.2. The normalized spacial score (nSPS) is 10.2. The molecular weight excluding hydrogens is 261 g/mol. The van der Waals surface area contributed by atoms with Crippen LogP contribution < -0.4 is 11.3 Å². The summed E-state index contributed by atoms with van der Waals surface area (Å²) < 4.78 is 13.1. The van der Waals surface area contributed by atoms with Crippen LogP contribution in [-0.2, 0) is 6.54 Å². The number of benzene rings is 1. The van der Waals surface area contributed by atoms with Crippen molar-refractivity contribution in [2.75, 3.05) is 12.5 Å². The molecule has 7 heteroatoms. The predicted molar refractivity (Wildman–Crippen MR) is 72.0 cm³/mol. The summed E-state index contributed by atoms with van der Waals surface area (Å²) in [5, 5.41) is 7.50. The quantitative estimate of drug-likeness (QED) is 0.646. The molecule has 0 fully saturated rings. The number of carbonyl (C=O) groups is 1. The van der Waals surface area contributed by atoms with Gasteiger partial charge < -0.3 is 10.3 Å². The fourth-order valence-electron chi connectivity index (χ4n) is 1.70. The first-order chi connectivity index (χ1) is 9.60. The number of hydrogen-bond donors (Lipinski definition) is 2. The lowest BCUT2D eigenvalue weighted by Gasteiger charge is -2.16. The summed E-state index contributed by atoms with van der Waals surface area (Å²) >= 11 is 0. The molecule has 0 spiro atoms. The summed E-state index contributed by atoms with van der Waals surface area (Å²) in [6, 6.07) is 9.17. The highest BCUT2D eigenvalue weighted by molar-refractivity contribution is 5.92. The maximum absolute atomic E-state index is 13.1. The maximum atomic E-state index is 13.1. The molecule has 1 aromatic heterocycles. The number of nitrogens with two attached hydrogens (primary N) is 1. The first-order valence-corrected chi connectivity index (χ1v) is 5.90. The molecule has 0 unspecified atom stereocenters. The summed E-state index contributed by atoms with van der Waals surface area (Å²) in [7, 11) is 1.62. The van der Waals surface area contributed by atoms with Crippen LogP contribution >= 0.6 is 0 Å². The fraction of sp³-hybridized carbons (Fsp3) is 0.154. The van der Waals surface area contributed by atoms with Gasteiger partial charge in [0.2, 0.25) is 0 Å². The Balaban J connectivity index is 2.07. The molecule has 0 aliphatic heterocycles. The SMILES string of the molecule is CN(Cc1cccc(F)c1)C(=O)c1ccc(NN)nn1. The standard InChI is InChI=1S/C13H14FN5O/c1-19(8-9-3-2-4-10(14)7-9)13(20)11-5-6-12(16-15)18-17-11/h2-7H,8,15H2,1H3,(H,16,18). The lowest BCUT2D eigenvalue weighted by Crippen LogP contribution is -2.27. The Labute approximate surface area is 115 Å². The number of hydrogen-bond acceptors (Lipinski definition) is 5. The number of hydrazine groups is 1. The van der Waals surface area contributed by atoms with Crippen LogP contribution in [0.25, 0.3) is 0 Å². The van der Waals surface area contributed by atoms with Crippen molar-refractivity contribution >= 4 is 11.7 Å². The van der Waals surface area contributed by atoms with Crippen LogP contribution in [0.5, 0.6) is 0 Å². The van der Waals surface area contributed by atoms with Gasteiger partial charge in [0.05, 0.1) is 0 Å². The molecule has 3 N–H and O–H groups in total. The zero-order chi connectivity index (χ0) is 14.5. The van der Waals surface area contributed by atoms with Gasteiger partial charge >= 0.3 is 0 Å². The molecule has 104 valence electrons. The molecule has 6 nitrogen and oxygen atoms in total. The number of nitrogen functional groups attached to an aromatic ring is 1. The third-order valence-corrected chi connectivity index (χ3v) is 2.69. The number of nitrogens with one attached hydrogen (secondary N) is 1. The van der Waals surface area contributed by atoms with Crippen molar-refractivity contribution in [1.29, 1.82) is 0 Å². The number of halogens is 1. The van der Waals surface area contributed by atoms with Gasteiger partial charge in [-0.2, -0.15) is 0 Å². The highest BCUT2D eigenvalue weighted by Crippen LogP contribution is 2.09. The molecule has 2 aromatic rings. The monoisotopic (exact) mass is 275 g/mol. The van der Waals surface area contributed by atoms with Crippen LogP contribution in [0.1, 0.15) is 16.1 Å². The molecule has 0 aliphatic rings. The highest BCUT2D eigenvalue weighted by Gasteiger charge is 2.14. The van der Waals surface area contributed by atoms with E-state index in [0.29, 0.717) is 11.4 Å². The van der Waals surface area contributed by atoms with Gasteiger partial charge in [0.25, 0.3) is 5.91 Å². The number of anilines is 1. The molecule has 1 aromatic carbocycles. The van der Waals surface area contributed by atoms with Crippen molar-refractivity contribution in [2.24, 2.45) is 5.84 Å². The maximum Gasteiger partial charge on any atom is 0.274 e. The van der Waals surface area contributed by atoms with Crippen molar-refractivity contribution in [2.45, 2.75) is 6.54 Å². The molecule has 1 amide bonds. The Hall–Kier alpha value is -2.54. The number of nitrogens with zero attached hydrogens (tertiary/aromatic N) is 3. The molecule has 20 heavy (non-hydrogen) atoms. The molecule has 0 bridgehead atoms. The Morgan fingerprint density at radius 1 is 1.35 bits per heavy atom. The van der Waals surface area contributed by atoms with E-state index >= 15 is 0 Å². The second-order valence-electron chi connectivity index (χ2n) is 4.24. The van der Waals surface area contributed by atoms with Gasteiger partial charge in [0.1, 0.15) is 5.82 Å². The minimum Gasteiger partial charge on any atom is -0.336 e. The number of rotatable bonds is 4. The van der Waals surface area contributed by atoms with Crippen LogP contribution in [0, 0.1) is 5.82 Å². The lowest BCUT2D eigenvalue weighted by molar-refractivity contribution is 0.0778. The van der Waals surface area contributed by atoms with Gasteiger partial charge in [-0.25, -0.2) is 10.2 Å². The molecule has 2 rings (SSSR count). The highest BCUT2D eigenvalue weighted by atomic mass is 19.1. The minimum absolute atomic E-state index is 0.197. The van der Waals surface area contributed by atoms with Crippen molar-refractivity contribution in [1.82, 2.24) is 15.1 Å². The summed E-state index contributed by atoms with van der Waals surface area (Å²) in [4.78, 5) is 13.6. The molecule has 0 saturated heterocycles. The Kier molecular flexibility index (Phi) is 4.21. The van der Waals surface area contributed by atoms with Gasteiger partial charge in [-0.3, -0.25) is 4.79 Å². The van der Waals surface area contributed by atoms with Crippen LogP contribution in [0.2, 0.25) is 0 Å². The van der Waals surface area contributed by atoms with Crippen molar-refractivity contribution < 1.29 is 9.18 Å². The van der Waals surface area contributed by atoms with E-state index < -0.39 is 0 Å². The summed E-state index contributed by atoms with van der Waals surface area (Å²) in [6.07, 6.45) is 0. The van der Waals surface area contributed by atoms with E-state index in [-0.39, 0.29) is 24.0 Å². The van der Waals surface area contributed by atoms with E-state index in [9.17, 15) is 9.18 Å². The van der Waals surface area contributed by atoms with Crippen LogP contribution in [0.15, 0.2) is 36.4 Å². The molecule has 0 aliphatic carbocycles. The summed E-state index contributed by atoms with van der Waals surface area (Å²) in [5.41, 5.74) is 3.23. The number of aromatic nitrogens is 2. The van der Waals surface area contributed by atoms with E-state index in [4.69, 9.17) is 5.84 Å². The molecule has 1 heterocycles. The smallest absolute Gasteiger partial charge is 0.274 e. The van der Waals surface area contributed by atoms with Crippen molar-refractivity contribution in [3.63, 3.8) is 0 Å². The average molecular weight is 275 g/mol. The van der Waals surface area contributed by atoms with Crippen molar-refractivity contribution in [3.8, 4) is 0 Å². The van der Waals surface area contributed by atoms with Crippen LogP contribution in [-0.4, -0.2) is 28.1 Å². The van der Waals surface area contributed by atoms with E-state index in [1.54, 1.807) is 25.2 Å². The largest absolute Gasteiger partial charge is 0.336 e. The molecular formula is C13H14FN5O. The van der Waals surface area contributed by atoms with Gasteiger partial charge in [-0.1, -0.05) is 12.1 Å². The van der Waals surface area contributed by atoms with E-state index in [1.165, 1.54) is 23.1 Å². The average Bonchev–Trinajstić information content (AvgIpc) is 2.46. The third-order valence-electron chi connectivity index (χ3n) is 2.69. The second kappa shape index (κ2) is 6.07. The zero-order valence-electron chi connectivity index (χ0n) is 10.9. The Morgan fingerprint density at radius 3 is 2.75 bits per heavy atom.